The van der Waals surface area contributed by atoms with E-state index in [9.17, 15) is 0 Å². The fourth-order valence-corrected chi connectivity index (χ4v) is 7.23. The molecular formula is C41H34N2O2. The van der Waals surface area contributed by atoms with E-state index in [1.807, 2.05) is 48.5 Å². The van der Waals surface area contributed by atoms with Gasteiger partial charge >= 0.3 is 0 Å². The Kier molecular flexibility index (Phi) is 6.28. The van der Waals surface area contributed by atoms with Gasteiger partial charge in [-0.3, -0.25) is 0 Å². The van der Waals surface area contributed by atoms with Gasteiger partial charge in [-0.25, -0.2) is 4.98 Å². The largest absolute Gasteiger partial charge is 0.456 e. The molecule has 0 saturated heterocycles. The van der Waals surface area contributed by atoms with Gasteiger partial charge in [0.2, 0.25) is 5.89 Å². The number of aromatic nitrogens is 1. The van der Waals surface area contributed by atoms with Crippen molar-refractivity contribution in [2.45, 2.75) is 32.6 Å². The summed E-state index contributed by atoms with van der Waals surface area (Å²) in [6, 6.07) is 37.9. The molecule has 0 aliphatic heterocycles. The van der Waals surface area contributed by atoms with Gasteiger partial charge in [-0.05, 0) is 102 Å². The summed E-state index contributed by atoms with van der Waals surface area (Å²) in [5.74, 6) is 0.998. The molecule has 1 unspecified atom stereocenters. The molecule has 45 heavy (non-hydrogen) atoms. The predicted octanol–water partition coefficient (Wildman–Crippen LogP) is 11.8. The molecule has 8 rings (SSSR count). The van der Waals surface area contributed by atoms with Crippen molar-refractivity contribution in [2.24, 2.45) is 5.92 Å². The Labute approximate surface area is 262 Å². The first-order chi connectivity index (χ1) is 22.0. The van der Waals surface area contributed by atoms with E-state index in [0.29, 0.717) is 11.8 Å². The van der Waals surface area contributed by atoms with Crippen LogP contribution in [0.25, 0.3) is 50.1 Å². The highest BCUT2D eigenvalue weighted by atomic mass is 16.3. The summed E-state index contributed by atoms with van der Waals surface area (Å²) in [7, 11) is 0. The lowest BCUT2D eigenvalue weighted by Crippen LogP contribution is -2.23. The summed E-state index contributed by atoms with van der Waals surface area (Å²) >= 11 is 0. The van der Waals surface area contributed by atoms with Gasteiger partial charge < -0.3 is 13.7 Å². The number of hydrogen-bond donors (Lipinski definition) is 0. The third-order valence-electron chi connectivity index (χ3n) is 9.50. The van der Waals surface area contributed by atoms with Crippen LogP contribution in [0.4, 0.5) is 17.1 Å². The second kappa shape index (κ2) is 10.4. The number of fused-ring (bicyclic) bond motifs is 5. The lowest BCUT2D eigenvalue weighted by Gasteiger charge is -2.30. The summed E-state index contributed by atoms with van der Waals surface area (Å²) < 4.78 is 12.5. The van der Waals surface area contributed by atoms with Crippen molar-refractivity contribution in [3.8, 4) is 11.5 Å². The van der Waals surface area contributed by atoms with Crippen LogP contribution in [0.15, 0.2) is 137 Å². The first-order valence-corrected chi connectivity index (χ1v) is 15.6. The molecule has 1 aliphatic carbocycles. The van der Waals surface area contributed by atoms with E-state index in [4.69, 9.17) is 13.8 Å². The number of para-hydroxylation sites is 1. The van der Waals surface area contributed by atoms with Crippen LogP contribution in [0.3, 0.4) is 0 Å². The van der Waals surface area contributed by atoms with Crippen LogP contribution in [-0.4, -0.2) is 4.98 Å². The van der Waals surface area contributed by atoms with Crippen molar-refractivity contribution in [2.75, 3.05) is 4.90 Å². The first-order valence-electron chi connectivity index (χ1n) is 15.6. The molecule has 0 fully saturated rings. The van der Waals surface area contributed by atoms with Crippen molar-refractivity contribution in [3.63, 3.8) is 0 Å². The highest BCUT2D eigenvalue weighted by Gasteiger charge is 2.42. The number of furan rings is 1. The minimum atomic E-state index is -0.0452. The van der Waals surface area contributed by atoms with Crippen LogP contribution in [0.1, 0.15) is 38.3 Å². The van der Waals surface area contributed by atoms with Crippen molar-refractivity contribution in [3.05, 3.63) is 139 Å². The van der Waals surface area contributed by atoms with Crippen molar-refractivity contribution >= 4 is 55.7 Å². The molecule has 4 heteroatoms. The van der Waals surface area contributed by atoms with Crippen LogP contribution in [-0.2, 0) is 5.41 Å². The van der Waals surface area contributed by atoms with Gasteiger partial charge in [-0.15, -0.1) is 6.58 Å². The van der Waals surface area contributed by atoms with Crippen molar-refractivity contribution in [1.82, 2.24) is 4.98 Å². The smallest absolute Gasteiger partial charge is 0.227 e. The van der Waals surface area contributed by atoms with Crippen LogP contribution in [0.5, 0.6) is 0 Å². The SMILES string of the molecule is C=CCC1/C(=C\C)c2ccc(N(c3ccc4oc(-c5ccccc5)nc4c3)c3ccc4c(c3)oc3ccccc34)cc2C1(C)C. The van der Waals surface area contributed by atoms with Gasteiger partial charge in [0.15, 0.2) is 5.58 Å². The normalized spacial score (nSPS) is 16.5. The minimum absolute atomic E-state index is 0.0452. The maximum Gasteiger partial charge on any atom is 0.227 e. The standard InChI is InChI=1S/C41H34N2O2/c1-5-12-34-30(6-2)31-20-17-27(23-35(31)41(34,3)4)43(29-18-21-33-32-15-10-11-16-37(32)44-39(33)25-29)28-19-22-38-36(24-28)42-40(45-38)26-13-8-7-9-14-26/h5-11,13-25,34H,1,12H2,2-4H3/b30-6-. The zero-order chi connectivity index (χ0) is 30.7. The third kappa shape index (κ3) is 4.32. The second-order valence-corrected chi connectivity index (χ2v) is 12.4. The van der Waals surface area contributed by atoms with E-state index < -0.39 is 0 Å². The van der Waals surface area contributed by atoms with E-state index >= 15 is 0 Å². The number of nitrogens with zero attached hydrogens (tertiary/aromatic N) is 2. The molecule has 0 spiro atoms. The van der Waals surface area contributed by atoms with Crippen molar-refractivity contribution < 1.29 is 8.83 Å². The zero-order valence-corrected chi connectivity index (χ0v) is 25.7. The number of anilines is 3. The average molecular weight is 587 g/mol. The quantitative estimate of drug-likeness (QED) is 0.182. The van der Waals surface area contributed by atoms with E-state index in [-0.39, 0.29) is 5.41 Å². The minimum Gasteiger partial charge on any atom is -0.456 e. The topological polar surface area (TPSA) is 42.4 Å². The fraction of sp³-hybridized carbons (Fsp3) is 0.146. The summed E-state index contributed by atoms with van der Waals surface area (Å²) in [4.78, 5) is 7.20. The maximum absolute atomic E-state index is 6.34. The number of oxazole rings is 1. The number of rotatable bonds is 6. The Morgan fingerprint density at radius 2 is 1.47 bits per heavy atom. The monoisotopic (exact) mass is 586 g/mol. The van der Waals surface area contributed by atoms with Gasteiger partial charge in [0.1, 0.15) is 16.7 Å². The van der Waals surface area contributed by atoms with Crippen LogP contribution < -0.4 is 4.90 Å². The molecule has 2 aromatic heterocycles. The Hall–Kier alpha value is -5.35. The number of hydrogen-bond acceptors (Lipinski definition) is 4. The Morgan fingerprint density at radius 1 is 0.756 bits per heavy atom. The van der Waals surface area contributed by atoms with Gasteiger partial charge in [-0.1, -0.05) is 68.5 Å². The molecule has 1 atom stereocenters. The molecule has 0 N–H and O–H groups in total. The summed E-state index contributed by atoms with van der Waals surface area (Å²) in [5.41, 5.74) is 11.4. The lowest BCUT2D eigenvalue weighted by atomic mass is 9.76. The Balaban J connectivity index is 1.31. The molecule has 1 aliphatic rings. The third-order valence-corrected chi connectivity index (χ3v) is 9.50. The van der Waals surface area contributed by atoms with Crippen LogP contribution in [0, 0.1) is 5.92 Å². The molecule has 0 saturated carbocycles. The fourth-order valence-electron chi connectivity index (χ4n) is 7.23. The predicted molar refractivity (Wildman–Crippen MR) is 186 cm³/mol. The second-order valence-electron chi connectivity index (χ2n) is 12.4. The molecular weight excluding hydrogens is 552 g/mol. The Morgan fingerprint density at radius 3 is 2.29 bits per heavy atom. The molecule has 4 nitrogen and oxygen atoms in total. The van der Waals surface area contributed by atoms with Crippen LogP contribution >= 0.6 is 0 Å². The molecule has 2 heterocycles. The highest BCUT2D eigenvalue weighted by Crippen LogP contribution is 2.53. The van der Waals surface area contributed by atoms with E-state index in [1.54, 1.807) is 0 Å². The summed E-state index contributed by atoms with van der Waals surface area (Å²) in [6.45, 7) is 10.9. The van der Waals surface area contributed by atoms with E-state index in [2.05, 4.69) is 105 Å². The first kappa shape index (κ1) is 27.2. The van der Waals surface area contributed by atoms with E-state index in [0.717, 1.165) is 62.1 Å². The molecule has 0 radical (unpaired) electrons. The lowest BCUT2D eigenvalue weighted by molar-refractivity contribution is 0.416. The van der Waals surface area contributed by atoms with E-state index in [1.165, 1.54) is 16.7 Å². The van der Waals surface area contributed by atoms with Gasteiger partial charge in [0.05, 0.1) is 0 Å². The van der Waals surface area contributed by atoms with Gasteiger partial charge in [-0.2, -0.15) is 0 Å². The van der Waals surface area contributed by atoms with Gasteiger partial charge in [0.25, 0.3) is 0 Å². The zero-order valence-electron chi connectivity index (χ0n) is 25.7. The molecule has 7 aromatic rings. The summed E-state index contributed by atoms with van der Waals surface area (Å²) in [5, 5.41) is 2.23. The van der Waals surface area contributed by atoms with Gasteiger partial charge in [0, 0.05) is 39.5 Å². The average Bonchev–Trinajstić information content (AvgIpc) is 3.72. The number of benzene rings is 5. The molecule has 220 valence electrons. The van der Waals surface area contributed by atoms with Crippen molar-refractivity contribution in [1.29, 1.82) is 0 Å². The number of allylic oxidation sites excluding steroid dienone is 3. The molecule has 5 aromatic carbocycles. The highest BCUT2D eigenvalue weighted by molar-refractivity contribution is 6.06. The maximum atomic E-state index is 6.34. The Bertz CT molecular complexity index is 2270. The molecule has 0 amide bonds. The van der Waals surface area contributed by atoms with Crippen LogP contribution in [0.2, 0.25) is 0 Å². The summed E-state index contributed by atoms with van der Waals surface area (Å²) in [6.07, 6.45) is 5.27. The molecule has 0 bridgehead atoms.